The van der Waals surface area contributed by atoms with Crippen molar-refractivity contribution in [3.8, 4) is 6.07 Å². The van der Waals surface area contributed by atoms with Gasteiger partial charge in [-0.1, -0.05) is 45.0 Å². The normalized spacial score (nSPS) is 11.5. The third-order valence-electron chi connectivity index (χ3n) is 2.61. The molecule has 16 heavy (non-hydrogen) atoms. The molecule has 0 atom stereocenters. The van der Waals surface area contributed by atoms with Gasteiger partial charge in [0.1, 0.15) is 0 Å². The van der Waals surface area contributed by atoms with Gasteiger partial charge in [-0.2, -0.15) is 5.26 Å². The Balaban J connectivity index is 2.69. The smallest absolute Gasteiger partial charge is 0.0866 e. The van der Waals surface area contributed by atoms with E-state index in [-0.39, 0.29) is 5.41 Å². The van der Waals surface area contributed by atoms with E-state index in [2.05, 4.69) is 51.1 Å². The zero-order chi connectivity index (χ0) is 12.2. The summed E-state index contributed by atoms with van der Waals surface area (Å²) in [6.45, 7) is 7.94. The molecule has 0 saturated heterocycles. The van der Waals surface area contributed by atoms with Crippen LogP contribution in [0.4, 0.5) is 0 Å². The molecule has 0 saturated carbocycles. The molecule has 1 rings (SSSR count). The van der Waals surface area contributed by atoms with Crippen LogP contribution in [0.3, 0.4) is 0 Å². The van der Waals surface area contributed by atoms with Crippen LogP contribution in [0.5, 0.6) is 0 Å². The van der Waals surface area contributed by atoms with Gasteiger partial charge >= 0.3 is 0 Å². The van der Waals surface area contributed by atoms with Gasteiger partial charge in [0, 0.05) is 6.54 Å². The van der Waals surface area contributed by atoms with Gasteiger partial charge in [0.2, 0.25) is 0 Å². The maximum absolute atomic E-state index is 8.57. The molecule has 2 nitrogen and oxygen atoms in total. The quantitative estimate of drug-likeness (QED) is 0.726. The summed E-state index contributed by atoms with van der Waals surface area (Å²) in [6.07, 6.45) is 0. The zero-order valence-electron chi connectivity index (χ0n) is 10.6. The molecule has 0 fully saturated rings. The van der Waals surface area contributed by atoms with Crippen LogP contribution >= 0.6 is 0 Å². The first-order valence-electron chi connectivity index (χ1n) is 5.58. The molecule has 0 aliphatic carbocycles. The van der Waals surface area contributed by atoms with E-state index >= 15 is 0 Å². The van der Waals surface area contributed by atoms with Crippen LogP contribution in [-0.4, -0.2) is 18.5 Å². The molecule has 0 N–H and O–H groups in total. The van der Waals surface area contributed by atoms with Crippen molar-refractivity contribution in [1.82, 2.24) is 4.90 Å². The van der Waals surface area contributed by atoms with Crippen molar-refractivity contribution in [2.45, 2.75) is 32.7 Å². The molecule has 0 bridgehead atoms. The minimum Gasteiger partial charge on any atom is -0.289 e. The monoisotopic (exact) mass is 216 g/mol. The first-order chi connectivity index (χ1) is 7.43. The third kappa shape index (κ3) is 3.67. The van der Waals surface area contributed by atoms with Crippen LogP contribution in [-0.2, 0) is 12.0 Å². The van der Waals surface area contributed by atoms with Crippen molar-refractivity contribution < 1.29 is 0 Å². The second-order valence-corrected chi connectivity index (χ2v) is 5.28. The van der Waals surface area contributed by atoms with Gasteiger partial charge in [-0.15, -0.1) is 0 Å². The Bertz CT molecular complexity index is 365. The average Bonchev–Trinajstić information content (AvgIpc) is 2.17. The van der Waals surface area contributed by atoms with E-state index in [1.54, 1.807) is 0 Å². The second kappa shape index (κ2) is 5.14. The van der Waals surface area contributed by atoms with Gasteiger partial charge < -0.3 is 0 Å². The Kier molecular flexibility index (Phi) is 4.09. The highest BCUT2D eigenvalue weighted by atomic mass is 15.1. The fourth-order valence-electron chi connectivity index (χ4n) is 1.60. The largest absolute Gasteiger partial charge is 0.289 e. The van der Waals surface area contributed by atoms with Crippen LogP contribution < -0.4 is 0 Å². The number of benzene rings is 1. The van der Waals surface area contributed by atoms with Gasteiger partial charge in [-0.3, -0.25) is 4.90 Å². The highest BCUT2D eigenvalue weighted by molar-refractivity contribution is 5.27. The Morgan fingerprint density at radius 3 is 2.19 bits per heavy atom. The minimum absolute atomic E-state index is 0.205. The molecule has 0 spiro atoms. The van der Waals surface area contributed by atoms with Gasteiger partial charge in [0.25, 0.3) is 0 Å². The summed E-state index contributed by atoms with van der Waals surface area (Å²) in [7, 11) is 1.96. The molecule has 0 aromatic heterocycles. The molecule has 2 heteroatoms. The maximum Gasteiger partial charge on any atom is 0.0866 e. The number of nitrogens with zero attached hydrogens (tertiary/aromatic N) is 2. The summed E-state index contributed by atoms with van der Waals surface area (Å²) in [6, 6.07) is 10.8. The van der Waals surface area contributed by atoms with Crippen molar-refractivity contribution in [2.75, 3.05) is 13.6 Å². The highest BCUT2D eigenvalue weighted by Gasteiger charge is 2.12. The molecule has 0 unspecified atom stereocenters. The van der Waals surface area contributed by atoms with Crippen LogP contribution in [0.25, 0.3) is 0 Å². The number of hydrogen-bond donors (Lipinski definition) is 0. The molecule has 0 amide bonds. The lowest BCUT2D eigenvalue weighted by Gasteiger charge is -2.20. The minimum atomic E-state index is 0.205. The Morgan fingerprint density at radius 2 is 1.75 bits per heavy atom. The van der Waals surface area contributed by atoms with E-state index in [1.165, 1.54) is 11.1 Å². The third-order valence-corrected chi connectivity index (χ3v) is 2.61. The number of nitriles is 1. The molecule has 1 aromatic rings. The molecule has 0 aliphatic heterocycles. The number of hydrogen-bond acceptors (Lipinski definition) is 2. The summed E-state index contributed by atoms with van der Waals surface area (Å²) < 4.78 is 0. The van der Waals surface area contributed by atoms with Crippen molar-refractivity contribution in [2.24, 2.45) is 0 Å². The molecule has 0 heterocycles. The predicted molar refractivity (Wildman–Crippen MR) is 67.1 cm³/mol. The van der Waals surface area contributed by atoms with E-state index in [0.29, 0.717) is 6.54 Å². The van der Waals surface area contributed by atoms with Crippen molar-refractivity contribution >= 4 is 0 Å². The van der Waals surface area contributed by atoms with Gasteiger partial charge in [-0.25, -0.2) is 0 Å². The zero-order valence-corrected chi connectivity index (χ0v) is 10.6. The van der Waals surface area contributed by atoms with Crippen LogP contribution in [0.15, 0.2) is 24.3 Å². The van der Waals surface area contributed by atoms with Gasteiger partial charge in [0.05, 0.1) is 12.6 Å². The van der Waals surface area contributed by atoms with Gasteiger partial charge in [-0.05, 0) is 23.6 Å². The Labute approximate surface area is 98.5 Å². The van der Waals surface area contributed by atoms with E-state index < -0.39 is 0 Å². The molecule has 86 valence electrons. The molecule has 0 radical (unpaired) electrons. The predicted octanol–water partition coefficient (Wildman–Crippen LogP) is 2.94. The Hall–Kier alpha value is -1.33. The van der Waals surface area contributed by atoms with E-state index in [1.807, 2.05) is 11.9 Å². The molecule has 1 aromatic carbocycles. The first-order valence-corrected chi connectivity index (χ1v) is 5.58. The number of rotatable bonds is 3. The fourth-order valence-corrected chi connectivity index (χ4v) is 1.60. The fraction of sp³-hybridized carbons (Fsp3) is 0.500. The molecular weight excluding hydrogens is 196 g/mol. The summed E-state index contributed by atoms with van der Waals surface area (Å²) in [4.78, 5) is 2.01. The van der Waals surface area contributed by atoms with Gasteiger partial charge in [0.15, 0.2) is 0 Å². The van der Waals surface area contributed by atoms with Crippen LogP contribution in [0.2, 0.25) is 0 Å². The van der Waals surface area contributed by atoms with Crippen LogP contribution in [0.1, 0.15) is 31.9 Å². The van der Waals surface area contributed by atoms with E-state index in [9.17, 15) is 0 Å². The second-order valence-electron chi connectivity index (χ2n) is 5.28. The van der Waals surface area contributed by atoms with Crippen molar-refractivity contribution in [1.29, 1.82) is 5.26 Å². The summed E-state index contributed by atoms with van der Waals surface area (Å²) in [5, 5.41) is 8.57. The van der Waals surface area contributed by atoms with E-state index in [4.69, 9.17) is 5.26 Å². The molecule has 0 aliphatic rings. The summed E-state index contributed by atoms with van der Waals surface area (Å²) in [5.41, 5.74) is 2.81. The van der Waals surface area contributed by atoms with Crippen LogP contribution in [0, 0.1) is 11.3 Å². The lowest BCUT2D eigenvalue weighted by Crippen LogP contribution is -2.18. The average molecular weight is 216 g/mol. The standard InChI is InChI=1S/C14H20N2/c1-14(2,3)13-7-5-12(6-8-13)11-16(4)10-9-15/h5-8H,10-11H2,1-4H3. The topological polar surface area (TPSA) is 27.0 Å². The summed E-state index contributed by atoms with van der Waals surface area (Å²) >= 11 is 0. The lowest BCUT2D eigenvalue weighted by atomic mass is 9.87. The lowest BCUT2D eigenvalue weighted by molar-refractivity contribution is 0.367. The highest BCUT2D eigenvalue weighted by Crippen LogP contribution is 2.22. The SMILES string of the molecule is CN(CC#N)Cc1ccc(C(C)(C)C)cc1. The van der Waals surface area contributed by atoms with E-state index in [0.717, 1.165) is 6.54 Å². The van der Waals surface area contributed by atoms with Crippen molar-refractivity contribution in [3.63, 3.8) is 0 Å². The maximum atomic E-state index is 8.57. The summed E-state index contributed by atoms with van der Waals surface area (Å²) in [5.74, 6) is 0. The first kappa shape index (κ1) is 12.7. The molecular formula is C14H20N2. The van der Waals surface area contributed by atoms with Crippen molar-refractivity contribution in [3.05, 3.63) is 35.4 Å². The Morgan fingerprint density at radius 1 is 1.19 bits per heavy atom.